The number of nitrogens with one attached hydrogen (secondary N) is 1. The van der Waals surface area contributed by atoms with E-state index in [2.05, 4.69) is 5.32 Å². The van der Waals surface area contributed by atoms with Crippen molar-refractivity contribution >= 4 is 17.5 Å². The van der Waals surface area contributed by atoms with Crippen molar-refractivity contribution in [2.45, 2.75) is 12.8 Å². The Balaban J connectivity index is 1.44. The monoisotopic (exact) mass is 355 g/mol. The number of rotatable bonds is 5. The Hall–Kier alpha value is -2.76. The molecule has 2 amide bonds. The van der Waals surface area contributed by atoms with Crippen molar-refractivity contribution in [3.63, 3.8) is 0 Å². The van der Waals surface area contributed by atoms with E-state index in [1.165, 1.54) is 12.5 Å². The molecule has 1 aromatic heterocycles. The van der Waals surface area contributed by atoms with Crippen LogP contribution in [0.4, 0.5) is 5.69 Å². The molecule has 138 valence electrons. The first-order valence-corrected chi connectivity index (χ1v) is 8.91. The molecule has 0 unspecified atom stereocenters. The smallest absolute Gasteiger partial charge is 0.257 e. The second-order valence-corrected chi connectivity index (χ2v) is 6.90. The molecule has 26 heavy (non-hydrogen) atoms. The van der Waals surface area contributed by atoms with E-state index in [1.54, 1.807) is 6.07 Å². The summed E-state index contributed by atoms with van der Waals surface area (Å²) in [4.78, 5) is 28.4. The number of piperidine rings is 1. The highest BCUT2D eigenvalue weighted by molar-refractivity contribution is 5.94. The number of hydrogen-bond acceptors (Lipinski definition) is 4. The second-order valence-electron chi connectivity index (χ2n) is 6.90. The molecule has 1 aliphatic rings. The van der Waals surface area contributed by atoms with Crippen molar-refractivity contribution < 1.29 is 14.0 Å². The van der Waals surface area contributed by atoms with Gasteiger partial charge in [0, 0.05) is 45.0 Å². The third kappa shape index (κ3) is 4.25. The van der Waals surface area contributed by atoms with Crippen molar-refractivity contribution in [2.75, 3.05) is 38.6 Å². The molecule has 0 bridgehead atoms. The van der Waals surface area contributed by atoms with E-state index in [-0.39, 0.29) is 11.8 Å². The number of furan rings is 1. The molecule has 3 rings (SSSR count). The summed E-state index contributed by atoms with van der Waals surface area (Å²) in [6.07, 6.45) is 4.78. The molecule has 6 heteroatoms. The van der Waals surface area contributed by atoms with E-state index in [0.29, 0.717) is 36.7 Å². The van der Waals surface area contributed by atoms with Crippen LogP contribution in [-0.4, -0.2) is 50.4 Å². The van der Waals surface area contributed by atoms with Gasteiger partial charge in [0.25, 0.3) is 11.8 Å². The van der Waals surface area contributed by atoms with E-state index in [9.17, 15) is 9.59 Å². The van der Waals surface area contributed by atoms with Gasteiger partial charge in [-0.1, -0.05) is 0 Å². The number of carbonyl (C=O) groups excluding carboxylic acids is 2. The van der Waals surface area contributed by atoms with Gasteiger partial charge in [-0.3, -0.25) is 9.59 Å². The quantitative estimate of drug-likeness (QED) is 0.895. The predicted molar refractivity (Wildman–Crippen MR) is 100 cm³/mol. The SMILES string of the molecule is CN(C)c1ccc(C(=O)NCC2CCN(C(=O)c3ccoc3)CC2)cc1. The Bertz CT molecular complexity index is 730. The van der Waals surface area contributed by atoms with Crippen LogP contribution in [0.25, 0.3) is 0 Å². The molecule has 0 atom stereocenters. The van der Waals surface area contributed by atoms with Crippen molar-refractivity contribution in [3.8, 4) is 0 Å². The summed E-state index contributed by atoms with van der Waals surface area (Å²) in [7, 11) is 3.94. The summed E-state index contributed by atoms with van der Waals surface area (Å²) in [6, 6.07) is 9.26. The number of amides is 2. The molecule has 2 aromatic rings. The van der Waals surface area contributed by atoms with Gasteiger partial charge in [0.1, 0.15) is 6.26 Å². The summed E-state index contributed by atoms with van der Waals surface area (Å²) >= 11 is 0. The number of nitrogens with zero attached hydrogens (tertiary/aromatic N) is 2. The minimum absolute atomic E-state index is 0.0159. The van der Waals surface area contributed by atoms with Crippen LogP contribution in [0, 0.1) is 5.92 Å². The normalized spacial score (nSPS) is 14.9. The third-order valence-electron chi connectivity index (χ3n) is 4.87. The van der Waals surface area contributed by atoms with Crippen molar-refractivity contribution in [3.05, 3.63) is 54.0 Å². The van der Waals surface area contributed by atoms with Gasteiger partial charge in [0.2, 0.25) is 0 Å². The fourth-order valence-corrected chi connectivity index (χ4v) is 3.16. The summed E-state index contributed by atoms with van der Waals surface area (Å²) < 4.78 is 4.98. The first-order chi connectivity index (χ1) is 12.5. The van der Waals surface area contributed by atoms with E-state index in [4.69, 9.17) is 4.42 Å². The Kier molecular flexibility index (Phi) is 5.61. The lowest BCUT2D eigenvalue weighted by Crippen LogP contribution is -2.41. The molecule has 2 heterocycles. The molecule has 1 fully saturated rings. The maximum absolute atomic E-state index is 12.3. The van der Waals surface area contributed by atoms with Gasteiger partial charge in [-0.25, -0.2) is 0 Å². The standard InChI is InChI=1S/C20H25N3O3/c1-22(2)18-5-3-16(4-6-18)19(24)21-13-15-7-10-23(11-8-15)20(25)17-9-12-26-14-17/h3-6,9,12,14-15H,7-8,10-11,13H2,1-2H3,(H,21,24). The zero-order valence-corrected chi connectivity index (χ0v) is 15.3. The average molecular weight is 355 g/mol. The third-order valence-corrected chi connectivity index (χ3v) is 4.87. The molecule has 0 spiro atoms. The molecular formula is C20H25N3O3. The lowest BCUT2D eigenvalue weighted by molar-refractivity contribution is 0.0683. The van der Waals surface area contributed by atoms with Crippen LogP contribution in [0.1, 0.15) is 33.6 Å². The summed E-state index contributed by atoms with van der Waals surface area (Å²) in [5.41, 5.74) is 2.33. The summed E-state index contributed by atoms with van der Waals surface area (Å²) in [5.74, 6) is 0.364. The highest BCUT2D eigenvalue weighted by Gasteiger charge is 2.24. The lowest BCUT2D eigenvalue weighted by atomic mass is 9.96. The molecule has 0 radical (unpaired) electrons. The highest BCUT2D eigenvalue weighted by atomic mass is 16.3. The summed E-state index contributed by atoms with van der Waals surface area (Å²) in [6.45, 7) is 2.06. The van der Waals surface area contributed by atoms with Crippen LogP contribution in [0.2, 0.25) is 0 Å². The van der Waals surface area contributed by atoms with E-state index >= 15 is 0 Å². The zero-order valence-electron chi connectivity index (χ0n) is 15.3. The molecule has 1 aromatic carbocycles. The van der Waals surface area contributed by atoms with Gasteiger partial charge in [-0.2, -0.15) is 0 Å². The van der Waals surface area contributed by atoms with E-state index in [0.717, 1.165) is 18.5 Å². The van der Waals surface area contributed by atoms with Crippen LogP contribution in [0.5, 0.6) is 0 Å². The first-order valence-electron chi connectivity index (χ1n) is 8.91. The minimum atomic E-state index is -0.0489. The van der Waals surface area contributed by atoms with Gasteiger partial charge >= 0.3 is 0 Å². The Morgan fingerprint density at radius 1 is 1.12 bits per heavy atom. The number of anilines is 1. The van der Waals surface area contributed by atoms with Gasteiger partial charge < -0.3 is 19.5 Å². The molecule has 1 N–H and O–H groups in total. The largest absolute Gasteiger partial charge is 0.472 e. The minimum Gasteiger partial charge on any atom is -0.472 e. The van der Waals surface area contributed by atoms with Crippen LogP contribution >= 0.6 is 0 Å². The topological polar surface area (TPSA) is 65.8 Å². The van der Waals surface area contributed by atoms with Gasteiger partial charge in [0.15, 0.2) is 0 Å². The van der Waals surface area contributed by atoms with Crippen molar-refractivity contribution in [1.82, 2.24) is 10.2 Å². The van der Waals surface area contributed by atoms with Crippen molar-refractivity contribution in [1.29, 1.82) is 0 Å². The molecular weight excluding hydrogens is 330 g/mol. The first kappa shape index (κ1) is 18.0. The Morgan fingerprint density at radius 2 is 1.81 bits per heavy atom. The van der Waals surface area contributed by atoms with Crippen LogP contribution in [0.3, 0.4) is 0 Å². The highest BCUT2D eigenvalue weighted by Crippen LogP contribution is 2.19. The van der Waals surface area contributed by atoms with E-state index in [1.807, 2.05) is 48.2 Å². The van der Waals surface area contributed by atoms with Gasteiger partial charge in [0.05, 0.1) is 11.8 Å². The van der Waals surface area contributed by atoms with E-state index < -0.39 is 0 Å². The molecule has 1 aliphatic heterocycles. The zero-order chi connectivity index (χ0) is 18.5. The Labute approximate surface area is 153 Å². The molecule has 0 aliphatic carbocycles. The summed E-state index contributed by atoms with van der Waals surface area (Å²) in [5, 5.41) is 3.02. The fraction of sp³-hybridized carbons (Fsp3) is 0.400. The van der Waals surface area contributed by atoms with Crippen LogP contribution in [0.15, 0.2) is 47.3 Å². The number of likely N-dealkylation sites (tertiary alicyclic amines) is 1. The molecule has 6 nitrogen and oxygen atoms in total. The van der Waals surface area contributed by atoms with Crippen LogP contribution in [-0.2, 0) is 0 Å². The average Bonchev–Trinajstić information content (AvgIpc) is 3.21. The maximum Gasteiger partial charge on any atom is 0.257 e. The lowest BCUT2D eigenvalue weighted by Gasteiger charge is -2.31. The van der Waals surface area contributed by atoms with Crippen LogP contribution < -0.4 is 10.2 Å². The van der Waals surface area contributed by atoms with Crippen molar-refractivity contribution in [2.24, 2.45) is 5.92 Å². The number of carbonyl (C=O) groups is 2. The second kappa shape index (κ2) is 8.08. The maximum atomic E-state index is 12.3. The Morgan fingerprint density at radius 3 is 2.38 bits per heavy atom. The fourth-order valence-electron chi connectivity index (χ4n) is 3.16. The van der Waals surface area contributed by atoms with Gasteiger partial charge in [-0.15, -0.1) is 0 Å². The molecule has 1 saturated heterocycles. The number of hydrogen-bond donors (Lipinski definition) is 1. The van der Waals surface area contributed by atoms with Gasteiger partial charge in [-0.05, 0) is 49.1 Å². The predicted octanol–water partition coefficient (Wildman–Crippen LogP) is 2.63. The molecule has 0 saturated carbocycles. The number of benzene rings is 1.